The summed E-state index contributed by atoms with van der Waals surface area (Å²) in [4.78, 5) is 7.16. The summed E-state index contributed by atoms with van der Waals surface area (Å²) in [5.41, 5.74) is 3.59. The molecular weight excluding hydrogens is 250 g/mol. The second-order valence-electron chi connectivity index (χ2n) is 4.48. The van der Waals surface area contributed by atoms with Crippen molar-refractivity contribution < 1.29 is 4.52 Å². The molecule has 0 saturated carbocycles. The van der Waals surface area contributed by atoms with Gasteiger partial charge in [0.15, 0.2) is 0 Å². The second kappa shape index (κ2) is 4.71. The smallest absolute Gasteiger partial charge is 0.226 e. The Hall–Kier alpha value is -1.39. The van der Waals surface area contributed by atoms with Gasteiger partial charge in [-0.3, -0.25) is 0 Å². The molecule has 0 fully saturated rings. The fourth-order valence-electron chi connectivity index (χ4n) is 2.39. The van der Waals surface area contributed by atoms with Gasteiger partial charge in [0, 0.05) is 18.0 Å². The van der Waals surface area contributed by atoms with E-state index in [1.165, 1.54) is 11.1 Å². The number of halogens is 1. The average Bonchev–Trinajstić information content (AvgIpc) is 3.04. The van der Waals surface area contributed by atoms with Crippen LogP contribution in [0.15, 0.2) is 22.7 Å². The van der Waals surface area contributed by atoms with Crippen molar-refractivity contribution >= 4 is 11.8 Å². The van der Waals surface area contributed by atoms with Crippen molar-refractivity contribution in [1.29, 1.82) is 0 Å². The molecule has 1 N–H and O–H groups in total. The third kappa shape index (κ3) is 1.91. The largest absolute Gasteiger partial charge is 0.339 e. The Kier molecular flexibility index (Phi) is 3.06. The van der Waals surface area contributed by atoms with Crippen LogP contribution in [0.5, 0.6) is 0 Å². The van der Waals surface area contributed by atoms with Gasteiger partial charge in [-0.1, -0.05) is 24.2 Å². The van der Waals surface area contributed by atoms with Crippen LogP contribution in [0, 0.1) is 0 Å². The van der Waals surface area contributed by atoms with Crippen LogP contribution in [0.4, 0.5) is 0 Å². The summed E-state index contributed by atoms with van der Waals surface area (Å²) >= 11 is 5.72. The summed E-state index contributed by atoms with van der Waals surface area (Å²) in [6, 6.07) is 6.51. The van der Waals surface area contributed by atoms with E-state index in [1.54, 1.807) is 0 Å². The molecule has 1 aromatic carbocycles. The SMILES string of the molecule is CCc1nc(-c2ccc3c(c2)CC[C@H]3NCl)no1. The molecule has 0 radical (unpaired) electrons. The maximum absolute atomic E-state index is 5.72. The summed E-state index contributed by atoms with van der Waals surface area (Å²) in [7, 11) is 0. The van der Waals surface area contributed by atoms with Crippen LogP contribution in [0.3, 0.4) is 0 Å². The molecule has 1 atom stereocenters. The molecule has 0 unspecified atom stereocenters. The zero-order valence-corrected chi connectivity index (χ0v) is 10.9. The first-order chi connectivity index (χ1) is 8.81. The Morgan fingerprint density at radius 1 is 1.50 bits per heavy atom. The number of nitrogens with one attached hydrogen (secondary N) is 1. The van der Waals surface area contributed by atoms with Crippen LogP contribution in [0.25, 0.3) is 11.4 Å². The summed E-state index contributed by atoms with van der Waals surface area (Å²) in [6.07, 6.45) is 2.83. The summed E-state index contributed by atoms with van der Waals surface area (Å²) in [5.74, 6) is 1.34. The van der Waals surface area contributed by atoms with E-state index in [9.17, 15) is 0 Å². The van der Waals surface area contributed by atoms with Crippen molar-refractivity contribution in [3.63, 3.8) is 0 Å². The quantitative estimate of drug-likeness (QED) is 0.865. The van der Waals surface area contributed by atoms with E-state index >= 15 is 0 Å². The molecule has 4 nitrogen and oxygen atoms in total. The third-order valence-corrected chi connectivity index (χ3v) is 3.64. The van der Waals surface area contributed by atoms with Gasteiger partial charge >= 0.3 is 0 Å². The standard InChI is InChI=1S/C13H14ClN3O/c1-2-12-15-13(17-18-12)9-3-5-10-8(7-9)4-6-11(10)16-14/h3,5,7,11,16H,2,4,6H2,1H3/t11-/m1/s1. The van der Waals surface area contributed by atoms with Crippen LogP contribution >= 0.6 is 11.8 Å². The van der Waals surface area contributed by atoms with Gasteiger partial charge in [0.05, 0.1) is 0 Å². The summed E-state index contributed by atoms with van der Waals surface area (Å²) in [6.45, 7) is 2.00. The van der Waals surface area contributed by atoms with E-state index in [0.29, 0.717) is 11.7 Å². The lowest BCUT2D eigenvalue weighted by atomic mass is 10.0. The van der Waals surface area contributed by atoms with Crippen LogP contribution in [0.1, 0.15) is 36.4 Å². The number of aromatic nitrogens is 2. The topological polar surface area (TPSA) is 51.0 Å². The summed E-state index contributed by atoms with van der Waals surface area (Å²) < 4.78 is 5.14. The lowest BCUT2D eigenvalue weighted by Gasteiger charge is -2.08. The minimum Gasteiger partial charge on any atom is -0.339 e. The molecule has 18 heavy (non-hydrogen) atoms. The highest BCUT2D eigenvalue weighted by Gasteiger charge is 2.22. The number of fused-ring (bicyclic) bond motifs is 1. The fraction of sp³-hybridized carbons (Fsp3) is 0.385. The van der Waals surface area contributed by atoms with Crippen LogP contribution in [-0.4, -0.2) is 10.1 Å². The minimum absolute atomic E-state index is 0.257. The maximum Gasteiger partial charge on any atom is 0.226 e. The van der Waals surface area contributed by atoms with Crippen molar-refractivity contribution in [3.8, 4) is 11.4 Å². The van der Waals surface area contributed by atoms with E-state index in [-0.39, 0.29) is 6.04 Å². The highest BCUT2D eigenvalue weighted by atomic mass is 35.5. The van der Waals surface area contributed by atoms with Crippen molar-refractivity contribution in [2.75, 3.05) is 0 Å². The fourth-order valence-corrected chi connectivity index (χ4v) is 2.61. The normalized spacial score (nSPS) is 18.0. The molecule has 94 valence electrons. The van der Waals surface area contributed by atoms with E-state index in [2.05, 4.69) is 27.1 Å². The third-order valence-electron chi connectivity index (χ3n) is 3.38. The number of hydrogen-bond donors (Lipinski definition) is 1. The maximum atomic E-state index is 5.72. The highest BCUT2D eigenvalue weighted by Crippen LogP contribution is 2.33. The van der Waals surface area contributed by atoms with Gasteiger partial charge in [-0.05, 0) is 41.8 Å². The van der Waals surface area contributed by atoms with Crippen molar-refractivity contribution in [3.05, 3.63) is 35.2 Å². The molecule has 0 saturated heterocycles. The highest BCUT2D eigenvalue weighted by molar-refractivity contribution is 6.13. The molecule has 1 aliphatic carbocycles. The van der Waals surface area contributed by atoms with Gasteiger partial charge in [0.2, 0.25) is 11.7 Å². The Morgan fingerprint density at radius 3 is 3.11 bits per heavy atom. The number of aryl methyl sites for hydroxylation is 2. The number of nitrogens with zero attached hydrogens (tertiary/aromatic N) is 2. The second-order valence-corrected chi connectivity index (χ2v) is 4.70. The molecule has 0 aliphatic heterocycles. The lowest BCUT2D eigenvalue weighted by molar-refractivity contribution is 0.383. The van der Waals surface area contributed by atoms with Gasteiger partial charge in [0.25, 0.3) is 0 Å². The van der Waals surface area contributed by atoms with Gasteiger partial charge < -0.3 is 4.52 Å². The van der Waals surface area contributed by atoms with E-state index in [4.69, 9.17) is 16.3 Å². The van der Waals surface area contributed by atoms with Gasteiger partial charge in [-0.15, -0.1) is 0 Å². The first-order valence-corrected chi connectivity index (χ1v) is 6.51. The zero-order chi connectivity index (χ0) is 12.5. The van der Waals surface area contributed by atoms with E-state index in [0.717, 1.165) is 24.8 Å². The zero-order valence-electron chi connectivity index (χ0n) is 10.1. The van der Waals surface area contributed by atoms with Crippen molar-refractivity contribution in [1.82, 2.24) is 15.0 Å². The Bertz CT molecular complexity index is 567. The lowest BCUT2D eigenvalue weighted by Crippen LogP contribution is -2.06. The first kappa shape index (κ1) is 11.7. The number of benzene rings is 1. The Morgan fingerprint density at radius 2 is 2.39 bits per heavy atom. The molecular formula is C13H14ClN3O. The molecule has 1 aromatic heterocycles. The predicted octanol–water partition coefficient (Wildman–Crippen LogP) is 3.03. The van der Waals surface area contributed by atoms with E-state index < -0.39 is 0 Å². The van der Waals surface area contributed by atoms with Gasteiger partial charge in [0.1, 0.15) is 0 Å². The molecule has 1 heterocycles. The Labute approximate surface area is 110 Å². The summed E-state index contributed by atoms with van der Waals surface area (Å²) in [5, 5.41) is 3.99. The van der Waals surface area contributed by atoms with Crippen molar-refractivity contribution in [2.45, 2.75) is 32.2 Å². The van der Waals surface area contributed by atoms with Crippen LogP contribution in [-0.2, 0) is 12.8 Å². The number of rotatable bonds is 3. The minimum atomic E-state index is 0.257. The van der Waals surface area contributed by atoms with Crippen LogP contribution in [0.2, 0.25) is 0 Å². The van der Waals surface area contributed by atoms with E-state index in [1.807, 2.05) is 13.0 Å². The molecule has 0 bridgehead atoms. The van der Waals surface area contributed by atoms with Crippen molar-refractivity contribution in [2.24, 2.45) is 0 Å². The van der Waals surface area contributed by atoms with Gasteiger partial charge in [-0.2, -0.15) is 4.98 Å². The molecule has 3 rings (SSSR count). The Balaban J connectivity index is 1.95. The van der Waals surface area contributed by atoms with Crippen LogP contribution < -0.4 is 4.84 Å². The average molecular weight is 264 g/mol. The molecule has 2 aromatic rings. The van der Waals surface area contributed by atoms with Gasteiger partial charge in [-0.25, -0.2) is 4.84 Å². The molecule has 0 spiro atoms. The molecule has 0 amide bonds. The molecule has 5 heteroatoms. The predicted molar refractivity (Wildman–Crippen MR) is 69.2 cm³/mol. The monoisotopic (exact) mass is 263 g/mol. The molecule has 1 aliphatic rings. The first-order valence-electron chi connectivity index (χ1n) is 6.13. The number of hydrogen-bond acceptors (Lipinski definition) is 4.